The van der Waals surface area contributed by atoms with Crippen molar-refractivity contribution in [3.8, 4) is 0 Å². The van der Waals surface area contributed by atoms with Crippen molar-refractivity contribution in [2.45, 2.75) is 0 Å². The number of rotatable bonds is 4. The molecule has 0 saturated carbocycles. The van der Waals surface area contributed by atoms with Gasteiger partial charge < -0.3 is 4.57 Å². The highest BCUT2D eigenvalue weighted by molar-refractivity contribution is 7.81. The van der Waals surface area contributed by atoms with Crippen LogP contribution in [0, 0.1) is 0 Å². The Balaban J connectivity index is 1.76. The van der Waals surface area contributed by atoms with Crippen LogP contribution >= 0.6 is 7.14 Å². The SMILES string of the molecule is O=P(/C=C/c1c2ccccc2cc2ccccc12)(c1ccccc1)c1ccccc1. The summed E-state index contributed by atoms with van der Waals surface area (Å²) in [7, 11) is -2.93. The van der Waals surface area contributed by atoms with Gasteiger partial charge in [0.05, 0.1) is 0 Å². The van der Waals surface area contributed by atoms with Crippen LogP contribution < -0.4 is 10.6 Å². The minimum absolute atomic E-state index is 0.844. The molecule has 0 spiro atoms. The normalized spacial score (nSPS) is 12.0. The molecule has 1 nitrogen and oxygen atoms in total. The molecule has 0 aromatic heterocycles. The van der Waals surface area contributed by atoms with E-state index in [1.165, 1.54) is 21.5 Å². The largest absolute Gasteiger partial charge is 0.309 e. The van der Waals surface area contributed by atoms with Crippen LogP contribution in [0.15, 0.2) is 121 Å². The molecule has 0 aliphatic rings. The molecule has 0 atom stereocenters. The van der Waals surface area contributed by atoms with E-state index in [1.54, 1.807) is 0 Å². The topological polar surface area (TPSA) is 17.1 Å². The highest BCUT2D eigenvalue weighted by Gasteiger charge is 2.23. The summed E-state index contributed by atoms with van der Waals surface area (Å²) < 4.78 is 14.4. The van der Waals surface area contributed by atoms with E-state index < -0.39 is 7.14 Å². The smallest absolute Gasteiger partial charge is 0.164 e. The van der Waals surface area contributed by atoms with E-state index >= 15 is 0 Å². The van der Waals surface area contributed by atoms with Gasteiger partial charge in [-0.15, -0.1) is 0 Å². The molecule has 0 amide bonds. The minimum atomic E-state index is -2.93. The molecule has 0 saturated heterocycles. The third-order valence-corrected chi connectivity index (χ3v) is 8.24. The molecule has 0 unspecified atom stereocenters. The van der Waals surface area contributed by atoms with Gasteiger partial charge >= 0.3 is 0 Å². The molecule has 5 aromatic carbocycles. The van der Waals surface area contributed by atoms with E-state index in [0.717, 1.165) is 16.2 Å². The average molecular weight is 404 g/mol. The molecule has 5 aromatic rings. The Morgan fingerprint density at radius 3 is 1.47 bits per heavy atom. The lowest BCUT2D eigenvalue weighted by Crippen LogP contribution is -2.13. The Kier molecular flexibility index (Phi) is 4.83. The highest BCUT2D eigenvalue weighted by atomic mass is 31.2. The van der Waals surface area contributed by atoms with Crippen molar-refractivity contribution in [1.82, 2.24) is 0 Å². The van der Waals surface area contributed by atoms with Crippen molar-refractivity contribution in [2.24, 2.45) is 0 Å². The lowest BCUT2D eigenvalue weighted by atomic mass is 9.97. The summed E-state index contributed by atoms with van der Waals surface area (Å²) in [5.74, 6) is 1.92. The highest BCUT2D eigenvalue weighted by Crippen LogP contribution is 2.46. The Morgan fingerprint density at radius 1 is 0.533 bits per heavy atom. The third kappa shape index (κ3) is 3.28. The van der Waals surface area contributed by atoms with Crippen molar-refractivity contribution in [3.63, 3.8) is 0 Å². The van der Waals surface area contributed by atoms with Gasteiger partial charge in [-0.25, -0.2) is 0 Å². The molecule has 0 bridgehead atoms. The summed E-state index contributed by atoms with van der Waals surface area (Å²) in [5.41, 5.74) is 1.11. The van der Waals surface area contributed by atoms with Crippen LogP contribution in [0.25, 0.3) is 27.6 Å². The van der Waals surface area contributed by atoms with Crippen LogP contribution in [-0.4, -0.2) is 0 Å². The van der Waals surface area contributed by atoms with Crippen LogP contribution in [0.2, 0.25) is 0 Å². The zero-order valence-corrected chi connectivity index (χ0v) is 17.4. The fourth-order valence-corrected chi connectivity index (χ4v) is 6.26. The van der Waals surface area contributed by atoms with Crippen LogP contribution in [0.1, 0.15) is 5.56 Å². The fourth-order valence-electron chi connectivity index (χ4n) is 4.03. The molecule has 144 valence electrons. The van der Waals surface area contributed by atoms with E-state index in [-0.39, 0.29) is 0 Å². The Morgan fingerprint density at radius 2 is 0.967 bits per heavy atom. The molecule has 5 rings (SSSR count). The number of hydrogen-bond acceptors (Lipinski definition) is 1. The van der Waals surface area contributed by atoms with E-state index in [2.05, 4.69) is 60.7 Å². The van der Waals surface area contributed by atoms with Gasteiger partial charge in [-0.1, -0.05) is 109 Å². The van der Waals surface area contributed by atoms with E-state index in [9.17, 15) is 4.57 Å². The molecular weight excluding hydrogens is 383 g/mol. The maximum absolute atomic E-state index is 14.4. The molecule has 0 aliphatic carbocycles. The lowest BCUT2D eigenvalue weighted by molar-refractivity contribution is 0.592. The molecule has 0 radical (unpaired) electrons. The first-order valence-corrected chi connectivity index (χ1v) is 11.8. The van der Waals surface area contributed by atoms with Gasteiger partial charge in [0.2, 0.25) is 0 Å². The Hall–Kier alpha value is -3.41. The predicted molar refractivity (Wildman–Crippen MR) is 130 cm³/mol. The first-order valence-electron chi connectivity index (χ1n) is 10.1. The summed E-state index contributed by atoms with van der Waals surface area (Å²) in [6, 6.07) is 38.5. The standard InChI is InChI=1S/C28H21OP/c29-30(24-13-3-1-4-14-24,25-15-5-2-6-16-25)20-19-28-26-17-9-7-11-22(26)21-23-12-8-10-18-27(23)28/h1-21H/b20-19+. The second-order valence-electron chi connectivity index (χ2n) is 7.38. The van der Waals surface area contributed by atoms with E-state index in [0.29, 0.717) is 0 Å². The molecule has 0 aliphatic heterocycles. The van der Waals surface area contributed by atoms with Crippen LogP contribution in [-0.2, 0) is 4.57 Å². The Labute approximate surface area is 176 Å². The van der Waals surface area contributed by atoms with Gasteiger partial charge in [-0.05, 0) is 45.1 Å². The molecule has 0 fully saturated rings. The van der Waals surface area contributed by atoms with Crippen molar-refractivity contribution in [3.05, 3.63) is 127 Å². The molecule has 0 N–H and O–H groups in total. The maximum atomic E-state index is 14.4. The number of hydrogen-bond donors (Lipinski definition) is 0. The monoisotopic (exact) mass is 404 g/mol. The summed E-state index contributed by atoms with van der Waals surface area (Å²) in [6.07, 6.45) is 2.06. The minimum Gasteiger partial charge on any atom is -0.309 e. The average Bonchev–Trinajstić information content (AvgIpc) is 2.82. The van der Waals surface area contributed by atoms with Crippen molar-refractivity contribution >= 4 is 45.4 Å². The summed E-state index contributed by atoms with van der Waals surface area (Å²) in [4.78, 5) is 0. The molecule has 0 heterocycles. The van der Waals surface area contributed by atoms with Crippen molar-refractivity contribution in [1.29, 1.82) is 0 Å². The zero-order valence-electron chi connectivity index (χ0n) is 16.5. The summed E-state index contributed by atoms with van der Waals surface area (Å²) >= 11 is 0. The van der Waals surface area contributed by atoms with Gasteiger partial charge in [0.1, 0.15) is 0 Å². The predicted octanol–water partition coefficient (Wildman–Crippen LogP) is 6.98. The molecule has 2 heteroatoms. The number of benzene rings is 5. The van der Waals surface area contributed by atoms with Gasteiger partial charge in [-0.3, -0.25) is 0 Å². The second-order valence-corrected chi connectivity index (χ2v) is 10.0. The van der Waals surface area contributed by atoms with Gasteiger partial charge in [0.25, 0.3) is 0 Å². The van der Waals surface area contributed by atoms with Gasteiger partial charge in [0, 0.05) is 10.6 Å². The van der Waals surface area contributed by atoms with E-state index in [4.69, 9.17) is 0 Å². The quantitative estimate of drug-likeness (QED) is 0.233. The lowest BCUT2D eigenvalue weighted by Gasteiger charge is -2.16. The van der Waals surface area contributed by atoms with Crippen LogP contribution in [0.3, 0.4) is 0 Å². The maximum Gasteiger partial charge on any atom is 0.164 e. The van der Waals surface area contributed by atoms with Crippen molar-refractivity contribution in [2.75, 3.05) is 0 Å². The summed E-state index contributed by atoms with van der Waals surface area (Å²) in [6.45, 7) is 0. The van der Waals surface area contributed by atoms with Crippen molar-refractivity contribution < 1.29 is 4.57 Å². The van der Waals surface area contributed by atoms with Crippen LogP contribution in [0.5, 0.6) is 0 Å². The fraction of sp³-hybridized carbons (Fsp3) is 0. The van der Waals surface area contributed by atoms with Gasteiger partial charge in [0.15, 0.2) is 7.14 Å². The molecule has 30 heavy (non-hydrogen) atoms. The number of fused-ring (bicyclic) bond motifs is 2. The van der Waals surface area contributed by atoms with E-state index in [1.807, 2.05) is 66.5 Å². The first kappa shape index (κ1) is 18.6. The first-order chi connectivity index (χ1) is 14.8. The molecular formula is C28H21OP. The van der Waals surface area contributed by atoms with Gasteiger partial charge in [-0.2, -0.15) is 0 Å². The third-order valence-electron chi connectivity index (χ3n) is 5.54. The summed E-state index contributed by atoms with van der Waals surface area (Å²) in [5, 5.41) is 6.39. The van der Waals surface area contributed by atoms with Crippen LogP contribution in [0.4, 0.5) is 0 Å². The zero-order chi connectivity index (χ0) is 20.4. The second kappa shape index (κ2) is 7.78. The Bertz CT molecular complexity index is 1310.